The molecular weight excluding hydrogens is 234 g/mol. The number of ether oxygens (including phenoxy) is 1. The highest BCUT2D eigenvalue weighted by atomic mass is 16.5. The molecule has 0 aromatic heterocycles. The molecule has 1 aromatic carbocycles. The lowest BCUT2D eigenvalue weighted by Crippen LogP contribution is -2.17. The minimum atomic E-state index is 0.663. The Hall–Kier alpha value is -1.28. The predicted molar refractivity (Wildman–Crippen MR) is 80.4 cm³/mol. The largest absolute Gasteiger partial charge is 0.462 e. The molecule has 0 spiro atoms. The number of hydrogen-bond donors (Lipinski definition) is 1. The van der Waals surface area contributed by atoms with Crippen molar-refractivity contribution in [3.8, 4) is 5.75 Å². The first-order valence-electron chi connectivity index (χ1n) is 7.45. The molecule has 104 valence electrons. The number of hydrogen-bond acceptors (Lipinski definition) is 2. The lowest BCUT2D eigenvalue weighted by Gasteiger charge is -2.15. The zero-order valence-corrected chi connectivity index (χ0v) is 12.1. The summed E-state index contributed by atoms with van der Waals surface area (Å²) in [6.45, 7) is 6.61. The summed E-state index contributed by atoms with van der Waals surface area (Å²) in [6, 6.07) is 8.39. The SMILES string of the molecule is CCNCCC(C)CC1=CCCc2ccccc2O1. The molecule has 1 aliphatic heterocycles. The topological polar surface area (TPSA) is 21.3 Å². The van der Waals surface area contributed by atoms with Crippen molar-refractivity contribution < 1.29 is 4.74 Å². The first kappa shape index (κ1) is 14.1. The molecule has 0 radical (unpaired) electrons. The standard InChI is InChI=1S/C17H25NO/c1-3-18-12-11-14(2)13-16-9-6-8-15-7-4-5-10-17(15)19-16/h4-5,7,9-10,14,18H,3,6,8,11-13H2,1-2H3. The fraction of sp³-hybridized carbons (Fsp3) is 0.529. The molecule has 1 heterocycles. The Morgan fingerprint density at radius 1 is 1.32 bits per heavy atom. The molecule has 2 nitrogen and oxygen atoms in total. The van der Waals surface area contributed by atoms with Crippen molar-refractivity contribution in [2.24, 2.45) is 5.92 Å². The zero-order valence-electron chi connectivity index (χ0n) is 12.1. The van der Waals surface area contributed by atoms with Gasteiger partial charge in [0.05, 0.1) is 0 Å². The van der Waals surface area contributed by atoms with Gasteiger partial charge in [0.1, 0.15) is 11.5 Å². The highest BCUT2D eigenvalue weighted by Gasteiger charge is 2.13. The molecule has 0 fully saturated rings. The van der Waals surface area contributed by atoms with Crippen LogP contribution in [0.25, 0.3) is 0 Å². The molecule has 1 N–H and O–H groups in total. The summed E-state index contributed by atoms with van der Waals surface area (Å²) in [6.07, 6.45) is 6.69. The van der Waals surface area contributed by atoms with E-state index in [0.717, 1.165) is 43.9 Å². The lowest BCUT2D eigenvalue weighted by molar-refractivity contribution is 0.362. The number of rotatable bonds is 6. The third-order valence-electron chi connectivity index (χ3n) is 3.61. The lowest BCUT2D eigenvalue weighted by atomic mass is 10.0. The summed E-state index contributed by atoms with van der Waals surface area (Å²) < 4.78 is 6.07. The van der Waals surface area contributed by atoms with Gasteiger partial charge in [0, 0.05) is 6.42 Å². The minimum Gasteiger partial charge on any atom is -0.462 e. The Balaban J connectivity index is 1.89. The number of nitrogens with one attached hydrogen (secondary N) is 1. The second-order valence-electron chi connectivity index (χ2n) is 5.37. The minimum absolute atomic E-state index is 0.663. The van der Waals surface area contributed by atoms with Crippen LogP contribution in [-0.2, 0) is 6.42 Å². The third-order valence-corrected chi connectivity index (χ3v) is 3.61. The number of aryl methyl sites for hydroxylation is 1. The zero-order chi connectivity index (χ0) is 13.5. The molecule has 2 heteroatoms. The summed E-state index contributed by atoms with van der Waals surface area (Å²) in [7, 11) is 0. The Kier molecular flexibility index (Phi) is 5.46. The second-order valence-corrected chi connectivity index (χ2v) is 5.37. The van der Waals surface area contributed by atoms with E-state index in [9.17, 15) is 0 Å². The van der Waals surface area contributed by atoms with Crippen LogP contribution < -0.4 is 10.1 Å². The summed E-state index contributed by atoms with van der Waals surface area (Å²) >= 11 is 0. The van der Waals surface area contributed by atoms with Crippen molar-refractivity contribution in [3.05, 3.63) is 41.7 Å². The van der Waals surface area contributed by atoms with Gasteiger partial charge in [-0.1, -0.05) is 32.0 Å². The monoisotopic (exact) mass is 259 g/mol. The Morgan fingerprint density at radius 3 is 3.00 bits per heavy atom. The van der Waals surface area contributed by atoms with Crippen LogP contribution in [0, 0.1) is 5.92 Å². The van der Waals surface area contributed by atoms with E-state index in [4.69, 9.17) is 4.74 Å². The van der Waals surface area contributed by atoms with E-state index >= 15 is 0 Å². The van der Waals surface area contributed by atoms with Gasteiger partial charge in [-0.2, -0.15) is 0 Å². The highest BCUT2D eigenvalue weighted by molar-refractivity contribution is 5.36. The van der Waals surface area contributed by atoms with Gasteiger partial charge in [0.25, 0.3) is 0 Å². The Morgan fingerprint density at radius 2 is 2.16 bits per heavy atom. The maximum Gasteiger partial charge on any atom is 0.130 e. The fourth-order valence-electron chi connectivity index (χ4n) is 2.48. The first-order valence-corrected chi connectivity index (χ1v) is 7.45. The van der Waals surface area contributed by atoms with Crippen LogP contribution in [0.4, 0.5) is 0 Å². The Labute approximate surface area is 116 Å². The quantitative estimate of drug-likeness (QED) is 0.782. The van der Waals surface area contributed by atoms with Gasteiger partial charge in [-0.25, -0.2) is 0 Å². The van der Waals surface area contributed by atoms with Gasteiger partial charge in [-0.3, -0.25) is 0 Å². The number of para-hydroxylation sites is 1. The maximum atomic E-state index is 6.07. The molecular formula is C17H25NO. The van der Waals surface area contributed by atoms with Crippen LogP contribution in [0.5, 0.6) is 5.75 Å². The molecule has 0 saturated heterocycles. The molecule has 1 atom stereocenters. The normalized spacial score (nSPS) is 16.0. The molecule has 19 heavy (non-hydrogen) atoms. The smallest absolute Gasteiger partial charge is 0.130 e. The van der Waals surface area contributed by atoms with Crippen molar-refractivity contribution in [1.29, 1.82) is 0 Å². The van der Waals surface area contributed by atoms with E-state index in [1.165, 1.54) is 12.0 Å². The van der Waals surface area contributed by atoms with Crippen LogP contribution in [0.15, 0.2) is 36.1 Å². The first-order chi connectivity index (χ1) is 9.29. The summed E-state index contributed by atoms with van der Waals surface area (Å²) in [5.41, 5.74) is 1.33. The van der Waals surface area contributed by atoms with Crippen molar-refractivity contribution >= 4 is 0 Å². The van der Waals surface area contributed by atoms with E-state index in [0.29, 0.717) is 5.92 Å². The molecule has 0 bridgehead atoms. The molecule has 0 saturated carbocycles. The van der Waals surface area contributed by atoms with E-state index in [2.05, 4.69) is 49.5 Å². The van der Waals surface area contributed by atoms with E-state index in [1.807, 2.05) is 0 Å². The van der Waals surface area contributed by atoms with Crippen LogP contribution in [0.1, 0.15) is 38.7 Å². The average molecular weight is 259 g/mol. The van der Waals surface area contributed by atoms with Crippen molar-refractivity contribution in [2.75, 3.05) is 13.1 Å². The van der Waals surface area contributed by atoms with Crippen LogP contribution >= 0.6 is 0 Å². The third kappa shape index (κ3) is 4.39. The van der Waals surface area contributed by atoms with Crippen molar-refractivity contribution in [2.45, 2.75) is 39.5 Å². The number of fused-ring (bicyclic) bond motifs is 1. The van der Waals surface area contributed by atoms with Crippen LogP contribution in [0.2, 0.25) is 0 Å². The van der Waals surface area contributed by atoms with Gasteiger partial charge in [0.15, 0.2) is 0 Å². The fourth-order valence-corrected chi connectivity index (χ4v) is 2.48. The van der Waals surface area contributed by atoms with Gasteiger partial charge in [-0.15, -0.1) is 0 Å². The van der Waals surface area contributed by atoms with E-state index in [-0.39, 0.29) is 0 Å². The molecule has 1 aromatic rings. The molecule has 0 amide bonds. The molecule has 1 aliphatic rings. The van der Waals surface area contributed by atoms with Crippen LogP contribution in [-0.4, -0.2) is 13.1 Å². The summed E-state index contributed by atoms with van der Waals surface area (Å²) in [5, 5.41) is 3.38. The number of allylic oxidation sites excluding steroid dienone is 2. The van der Waals surface area contributed by atoms with Gasteiger partial charge in [0.2, 0.25) is 0 Å². The molecule has 0 aliphatic carbocycles. The van der Waals surface area contributed by atoms with Gasteiger partial charge >= 0.3 is 0 Å². The summed E-state index contributed by atoms with van der Waals surface area (Å²) in [5.74, 6) is 2.86. The second kappa shape index (κ2) is 7.34. The van der Waals surface area contributed by atoms with Crippen molar-refractivity contribution in [3.63, 3.8) is 0 Å². The van der Waals surface area contributed by atoms with Crippen LogP contribution in [0.3, 0.4) is 0 Å². The van der Waals surface area contributed by atoms with Gasteiger partial charge < -0.3 is 10.1 Å². The molecule has 1 unspecified atom stereocenters. The van der Waals surface area contributed by atoms with E-state index in [1.54, 1.807) is 0 Å². The average Bonchev–Trinajstić information content (AvgIpc) is 2.60. The predicted octanol–water partition coefficient (Wildman–Crippen LogP) is 3.92. The summed E-state index contributed by atoms with van der Waals surface area (Å²) in [4.78, 5) is 0. The maximum absolute atomic E-state index is 6.07. The Bertz CT molecular complexity index is 425. The van der Waals surface area contributed by atoms with Gasteiger partial charge in [-0.05, 0) is 56.0 Å². The number of benzene rings is 1. The molecule has 2 rings (SSSR count). The van der Waals surface area contributed by atoms with Crippen molar-refractivity contribution in [1.82, 2.24) is 5.32 Å². The van der Waals surface area contributed by atoms with E-state index < -0.39 is 0 Å². The highest BCUT2D eigenvalue weighted by Crippen LogP contribution is 2.28.